The average Bonchev–Trinajstić information content (AvgIpc) is 3.26. The molecule has 5 rings (SSSR count). The fourth-order valence-electron chi connectivity index (χ4n) is 4.28. The number of fused-ring (bicyclic) bond motifs is 1. The zero-order valence-corrected chi connectivity index (χ0v) is 18.4. The van der Waals surface area contributed by atoms with Gasteiger partial charge in [-0.1, -0.05) is 18.2 Å². The van der Waals surface area contributed by atoms with Gasteiger partial charge in [-0.05, 0) is 30.2 Å². The zero-order valence-electron chi connectivity index (χ0n) is 22.4. The highest BCUT2D eigenvalue weighted by atomic mass is 19.1. The van der Waals surface area contributed by atoms with E-state index in [9.17, 15) is 14.4 Å². The summed E-state index contributed by atoms with van der Waals surface area (Å²) in [6.45, 7) is 1.78. The van der Waals surface area contributed by atoms with Crippen molar-refractivity contribution in [3.8, 4) is 5.75 Å². The fourth-order valence-corrected chi connectivity index (χ4v) is 4.28. The van der Waals surface area contributed by atoms with Gasteiger partial charge in [0.05, 0.1) is 25.2 Å². The number of nitrogens with one attached hydrogen (secondary N) is 1. The number of imide groups is 1. The average molecular weight is 472 g/mol. The molecule has 1 unspecified atom stereocenters. The Morgan fingerprint density at radius 1 is 1.24 bits per heavy atom. The Hall–Kier alpha value is -3.30. The van der Waals surface area contributed by atoms with Gasteiger partial charge in [0.2, 0.25) is 11.8 Å². The topological polar surface area (TPSA) is 88.2 Å². The van der Waals surface area contributed by atoms with E-state index in [1.165, 1.54) is 6.07 Å². The summed E-state index contributed by atoms with van der Waals surface area (Å²) >= 11 is 0. The first-order valence-corrected chi connectivity index (χ1v) is 11.1. The Bertz CT molecular complexity index is 1310. The molecule has 1 atom stereocenters. The fraction of sp³-hybridized carbons (Fsp3) is 0.400. The van der Waals surface area contributed by atoms with Crippen LogP contribution in [-0.2, 0) is 34.0 Å². The highest BCUT2D eigenvalue weighted by Crippen LogP contribution is 2.34. The third-order valence-corrected chi connectivity index (χ3v) is 6.10. The van der Waals surface area contributed by atoms with E-state index in [4.69, 9.17) is 15.0 Å². The van der Waals surface area contributed by atoms with Crippen molar-refractivity contribution in [1.29, 1.82) is 0 Å². The van der Waals surface area contributed by atoms with E-state index in [1.807, 2.05) is 4.90 Å². The van der Waals surface area contributed by atoms with E-state index in [-0.39, 0.29) is 60.5 Å². The number of carbonyl (C=O) groups is 3. The molecule has 2 fully saturated rings. The lowest BCUT2D eigenvalue weighted by Gasteiger charge is -2.29. The van der Waals surface area contributed by atoms with Gasteiger partial charge >= 0.3 is 0 Å². The van der Waals surface area contributed by atoms with E-state index < -0.39 is 42.2 Å². The largest absolute Gasteiger partial charge is 0.488 e. The van der Waals surface area contributed by atoms with Crippen molar-refractivity contribution in [3.05, 3.63) is 64.4 Å². The quantitative estimate of drug-likeness (QED) is 0.649. The molecule has 2 aromatic rings. The minimum atomic E-state index is -1.96. The molecule has 0 spiro atoms. The van der Waals surface area contributed by atoms with Crippen LogP contribution in [0, 0.1) is 5.82 Å². The second-order valence-electron chi connectivity index (χ2n) is 8.32. The molecule has 3 heterocycles. The highest BCUT2D eigenvalue weighted by Gasteiger charge is 2.40. The number of ether oxygens (including phenoxy) is 2. The van der Waals surface area contributed by atoms with Gasteiger partial charge in [-0.25, -0.2) is 4.39 Å². The van der Waals surface area contributed by atoms with Crippen LogP contribution in [0.4, 0.5) is 4.39 Å². The molecule has 0 bridgehead atoms. The first-order valence-electron chi connectivity index (χ1n) is 13.1. The van der Waals surface area contributed by atoms with Crippen molar-refractivity contribution < 1.29 is 33.7 Å². The minimum Gasteiger partial charge on any atom is -0.488 e. The Kier molecular flexibility index (Phi) is 5.06. The summed E-state index contributed by atoms with van der Waals surface area (Å²) < 4.78 is 60.0. The number of piperidine rings is 1. The molecule has 3 amide bonds. The maximum absolute atomic E-state index is 15.3. The van der Waals surface area contributed by atoms with Crippen molar-refractivity contribution in [3.63, 3.8) is 0 Å². The summed E-state index contributed by atoms with van der Waals surface area (Å²) in [6.07, 6.45) is -0.215. The molecule has 9 heteroatoms. The predicted octanol–water partition coefficient (Wildman–Crippen LogP) is 2.00. The van der Waals surface area contributed by atoms with Crippen LogP contribution in [0.1, 0.15) is 45.4 Å². The Morgan fingerprint density at radius 2 is 2.06 bits per heavy atom. The molecule has 178 valence electrons. The summed E-state index contributed by atoms with van der Waals surface area (Å²) in [5.74, 6) is -2.68. The molecular weight excluding hydrogens is 441 g/mol. The van der Waals surface area contributed by atoms with Gasteiger partial charge in [-0.2, -0.15) is 0 Å². The van der Waals surface area contributed by atoms with E-state index in [1.54, 1.807) is 12.1 Å². The van der Waals surface area contributed by atoms with Crippen LogP contribution in [-0.4, -0.2) is 59.8 Å². The predicted molar refractivity (Wildman–Crippen MR) is 119 cm³/mol. The van der Waals surface area contributed by atoms with E-state index in [0.29, 0.717) is 31.9 Å². The molecule has 1 N–H and O–H groups in total. The number of nitrogens with zero attached hydrogens (tertiary/aromatic N) is 2. The number of benzene rings is 2. The van der Waals surface area contributed by atoms with Crippen molar-refractivity contribution in [2.45, 2.75) is 38.6 Å². The molecule has 3 aliphatic rings. The number of rotatable bonds is 6. The molecule has 34 heavy (non-hydrogen) atoms. The smallest absolute Gasteiger partial charge is 0.255 e. The van der Waals surface area contributed by atoms with E-state index in [0.717, 1.165) is 4.90 Å². The first-order chi connectivity index (χ1) is 18.1. The molecule has 0 aromatic heterocycles. The monoisotopic (exact) mass is 471 g/mol. The van der Waals surface area contributed by atoms with Crippen molar-refractivity contribution >= 4 is 17.7 Å². The van der Waals surface area contributed by atoms with E-state index in [2.05, 4.69) is 5.32 Å². The molecule has 3 aliphatic heterocycles. The third-order valence-electron chi connectivity index (χ3n) is 6.10. The number of amides is 3. The number of hydrogen-bond donors (Lipinski definition) is 1. The van der Waals surface area contributed by atoms with Gasteiger partial charge in [-0.15, -0.1) is 0 Å². The van der Waals surface area contributed by atoms with Crippen LogP contribution >= 0.6 is 0 Å². The lowest BCUT2D eigenvalue weighted by atomic mass is 10.0. The van der Waals surface area contributed by atoms with Crippen LogP contribution < -0.4 is 10.1 Å². The van der Waals surface area contributed by atoms with Crippen molar-refractivity contribution in [2.75, 3.05) is 26.3 Å². The molecular formula is C25H26FN3O5. The summed E-state index contributed by atoms with van der Waals surface area (Å²) in [6, 6.07) is 1.60. The maximum atomic E-state index is 15.3. The van der Waals surface area contributed by atoms with Gasteiger partial charge < -0.3 is 14.4 Å². The second kappa shape index (κ2) is 9.52. The van der Waals surface area contributed by atoms with Crippen LogP contribution in [0.3, 0.4) is 0 Å². The van der Waals surface area contributed by atoms with Crippen molar-refractivity contribution in [1.82, 2.24) is 15.1 Å². The molecule has 2 saturated heterocycles. The van der Waals surface area contributed by atoms with Crippen molar-refractivity contribution in [2.24, 2.45) is 0 Å². The summed E-state index contributed by atoms with van der Waals surface area (Å²) in [7, 11) is 0. The van der Waals surface area contributed by atoms with E-state index >= 15 is 4.39 Å². The van der Waals surface area contributed by atoms with Gasteiger partial charge in [-0.3, -0.25) is 24.6 Å². The van der Waals surface area contributed by atoms with Crippen LogP contribution in [0.15, 0.2) is 36.3 Å². The zero-order chi connectivity index (χ0) is 27.2. The molecule has 0 aliphatic carbocycles. The molecule has 8 nitrogen and oxygen atoms in total. The van der Waals surface area contributed by atoms with Crippen LogP contribution in [0.5, 0.6) is 5.75 Å². The number of carbonyl (C=O) groups excluding carboxylic acids is 3. The highest BCUT2D eigenvalue weighted by molar-refractivity contribution is 6.05. The maximum Gasteiger partial charge on any atom is 0.255 e. The molecule has 0 radical (unpaired) electrons. The Morgan fingerprint density at radius 3 is 2.85 bits per heavy atom. The molecule has 2 aromatic carbocycles. The summed E-state index contributed by atoms with van der Waals surface area (Å²) in [5, 5.41) is 2.11. The Balaban J connectivity index is 1.37. The van der Waals surface area contributed by atoms with Crippen LogP contribution in [0.25, 0.3) is 0 Å². The van der Waals surface area contributed by atoms with Gasteiger partial charge in [0.1, 0.15) is 24.2 Å². The first kappa shape index (κ1) is 18.1. The van der Waals surface area contributed by atoms with Gasteiger partial charge in [0.15, 0.2) is 0 Å². The lowest BCUT2D eigenvalue weighted by Crippen LogP contribution is -2.52. The normalized spacial score (nSPS) is 24.7. The number of halogens is 1. The second-order valence-corrected chi connectivity index (χ2v) is 8.32. The molecule has 0 saturated carbocycles. The Labute approximate surface area is 202 Å². The van der Waals surface area contributed by atoms with Gasteiger partial charge in [0, 0.05) is 42.7 Å². The number of morpholine rings is 1. The number of hydrogen-bond acceptors (Lipinski definition) is 6. The standard InChI is InChI=1S/C25H26FN3O5/c26-20-12-16(13-28-8-10-33-11-9-28)4-5-17(20)15-34-22-3-1-2-18-19(22)14-29(25(18)32)21-6-7-23(30)27-24(21)31/h1-5,12,21H,6-11,13-15H2,(H,27,30,31)/i4D,5D,12D,21D. The minimum absolute atomic E-state index is 0.0727. The van der Waals surface area contributed by atoms with Crippen LogP contribution in [0.2, 0.25) is 0 Å². The summed E-state index contributed by atoms with van der Waals surface area (Å²) in [4.78, 5) is 40.1. The van der Waals surface area contributed by atoms with Gasteiger partial charge in [0.25, 0.3) is 5.91 Å². The lowest BCUT2D eigenvalue weighted by molar-refractivity contribution is -0.136. The third kappa shape index (κ3) is 4.53. The SMILES string of the molecule is [2H]c1c([2H])c(COc2cccc3c2CN(C2([2H])CCC(=O)NC2=O)C3=O)c(F)c([2H])c1CN1CCOCC1. The summed E-state index contributed by atoms with van der Waals surface area (Å²) in [5.41, 5.74) is 0.493.